The first-order valence-electron chi connectivity index (χ1n) is 9.07. The van der Waals surface area contributed by atoms with Crippen LogP contribution in [-0.2, 0) is 6.42 Å². The van der Waals surface area contributed by atoms with Crippen molar-refractivity contribution in [2.45, 2.75) is 19.8 Å². The Bertz CT molecular complexity index is 1270. The molecule has 0 aliphatic rings. The molecule has 0 radical (unpaired) electrons. The average Bonchev–Trinajstić information content (AvgIpc) is 2.68. The van der Waals surface area contributed by atoms with Gasteiger partial charge in [-0.15, -0.1) is 0 Å². The Balaban J connectivity index is 1.96. The molecule has 0 spiro atoms. The molecule has 0 fully saturated rings. The van der Waals surface area contributed by atoms with Gasteiger partial charge in [0.2, 0.25) is 0 Å². The van der Waals surface area contributed by atoms with Gasteiger partial charge >= 0.3 is 0 Å². The summed E-state index contributed by atoms with van der Waals surface area (Å²) in [7, 11) is 0. The average molecular weight is 375 g/mol. The van der Waals surface area contributed by atoms with Gasteiger partial charge in [0.05, 0.1) is 11.1 Å². The maximum absolute atomic E-state index is 15.2. The van der Waals surface area contributed by atoms with Gasteiger partial charge in [-0.05, 0) is 51.9 Å². The van der Waals surface area contributed by atoms with E-state index in [0.717, 1.165) is 29.7 Å². The van der Waals surface area contributed by atoms with Crippen molar-refractivity contribution < 1.29 is 13.2 Å². The van der Waals surface area contributed by atoms with E-state index in [2.05, 4.69) is 6.92 Å². The van der Waals surface area contributed by atoms with Crippen molar-refractivity contribution in [1.82, 2.24) is 0 Å². The number of nitriles is 1. The maximum Gasteiger partial charge on any atom is 0.141 e. The molecule has 28 heavy (non-hydrogen) atoms. The Labute approximate surface area is 160 Å². The number of hydrogen-bond donors (Lipinski definition) is 0. The molecule has 0 aliphatic heterocycles. The summed E-state index contributed by atoms with van der Waals surface area (Å²) in [6.07, 6.45) is 1.97. The number of halogens is 3. The van der Waals surface area contributed by atoms with E-state index in [-0.39, 0.29) is 22.1 Å². The molecule has 0 atom stereocenters. The van der Waals surface area contributed by atoms with Crippen LogP contribution in [0.25, 0.3) is 32.7 Å². The van der Waals surface area contributed by atoms with Crippen LogP contribution in [0.3, 0.4) is 0 Å². The summed E-state index contributed by atoms with van der Waals surface area (Å²) >= 11 is 0. The fourth-order valence-corrected chi connectivity index (χ4v) is 3.66. The topological polar surface area (TPSA) is 23.8 Å². The van der Waals surface area contributed by atoms with Crippen molar-refractivity contribution >= 4 is 21.5 Å². The van der Waals surface area contributed by atoms with Gasteiger partial charge in [-0.25, -0.2) is 13.2 Å². The van der Waals surface area contributed by atoms with E-state index in [1.165, 1.54) is 23.8 Å². The summed E-state index contributed by atoms with van der Waals surface area (Å²) < 4.78 is 44.1. The van der Waals surface area contributed by atoms with Gasteiger partial charge in [-0.1, -0.05) is 49.7 Å². The zero-order valence-corrected chi connectivity index (χ0v) is 15.2. The minimum atomic E-state index is -0.805. The van der Waals surface area contributed by atoms with E-state index in [1.54, 1.807) is 12.1 Å². The number of fused-ring (bicyclic) bond motifs is 3. The van der Waals surface area contributed by atoms with Gasteiger partial charge in [0.15, 0.2) is 0 Å². The summed E-state index contributed by atoms with van der Waals surface area (Å²) in [6, 6.07) is 15.9. The summed E-state index contributed by atoms with van der Waals surface area (Å²) in [4.78, 5) is 0. The first-order chi connectivity index (χ1) is 13.5. The van der Waals surface area contributed by atoms with E-state index >= 15 is 4.39 Å². The highest BCUT2D eigenvalue weighted by atomic mass is 19.1. The second kappa shape index (κ2) is 7.01. The van der Waals surface area contributed by atoms with Crippen LogP contribution < -0.4 is 0 Å². The first-order valence-corrected chi connectivity index (χ1v) is 9.07. The Morgan fingerprint density at radius 3 is 2.32 bits per heavy atom. The van der Waals surface area contributed by atoms with Gasteiger partial charge in [0.1, 0.15) is 23.5 Å². The SMILES string of the molecule is CCCc1ccc2c(ccc3c(F)c(-c4ccc(C#N)c(F)c4)c(F)cc32)c1. The largest absolute Gasteiger partial charge is 0.206 e. The molecule has 0 aliphatic carbocycles. The van der Waals surface area contributed by atoms with Crippen LogP contribution in [0.2, 0.25) is 0 Å². The third kappa shape index (κ3) is 2.90. The van der Waals surface area contributed by atoms with Gasteiger partial charge in [-0.2, -0.15) is 5.26 Å². The predicted octanol–water partition coefficient (Wildman–Crippen LogP) is 6.90. The molecule has 0 N–H and O–H groups in total. The normalized spacial score (nSPS) is 11.1. The lowest BCUT2D eigenvalue weighted by atomic mass is 9.94. The van der Waals surface area contributed by atoms with Crippen LogP contribution in [0.15, 0.2) is 54.6 Å². The first kappa shape index (κ1) is 18.1. The highest BCUT2D eigenvalue weighted by Crippen LogP contribution is 2.36. The summed E-state index contributed by atoms with van der Waals surface area (Å²) in [5, 5.41) is 11.3. The second-order valence-corrected chi connectivity index (χ2v) is 6.82. The van der Waals surface area contributed by atoms with Crippen molar-refractivity contribution in [2.75, 3.05) is 0 Å². The molecule has 0 saturated carbocycles. The van der Waals surface area contributed by atoms with Crippen molar-refractivity contribution in [2.24, 2.45) is 0 Å². The zero-order valence-electron chi connectivity index (χ0n) is 15.2. The molecule has 0 aromatic heterocycles. The summed E-state index contributed by atoms with van der Waals surface area (Å²) in [6.45, 7) is 2.10. The Morgan fingerprint density at radius 1 is 0.821 bits per heavy atom. The molecule has 0 saturated heterocycles. The molecule has 1 nitrogen and oxygen atoms in total. The zero-order chi connectivity index (χ0) is 19.8. The predicted molar refractivity (Wildman–Crippen MR) is 105 cm³/mol. The molecule has 138 valence electrons. The van der Waals surface area contributed by atoms with Crippen molar-refractivity contribution in [3.8, 4) is 17.2 Å². The van der Waals surface area contributed by atoms with Crippen LogP contribution in [-0.4, -0.2) is 0 Å². The Hall–Kier alpha value is -3.32. The molecule has 0 amide bonds. The molecule has 4 aromatic rings. The van der Waals surface area contributed by atoms with Crippen molar-refractivity contribution in [3.63, 3.8) is 0 Å². The van der Waals surface area contributed by atoms with Gasteiger partial charge in [0.25, 0.3) is 0 Å². The van der Waals surface area contributed by atoms with Crippen molar-refractivity contribution in [3.05, 3.63) is 83.2 Å². The smallest absolute Gasteiger partial charge is 0.141 e. The fraction of sp³-hybridized carbons (Fsp3) is 0.125. The molecular formula is C24H16F3N. The monoisotopic (exact) mass is 375 g/mol. The van der Waals surface area contributed by atoms with Crippen LogP contribution in [0.4, 0.5) is 13.2 Å². The minimum absolute atomic E-state index is 0.0618. The second-order valence-electron chi connectivity index (χ2n) is 6.82. The van der Waals surface area contributed by atoms with Crippen LogP contribution in [0.1, 0.15) is 24.5 Å². The Morgan fingerprint density at radius 2 is 1.61 bits per heavy atom. The lowest BCUT2D eigenvalue weighted by molar-refractivity contribution is 0.597. The van der Waals surface area contributed by atoms with Gasteiger partial charge in [-0.3, -0.25) is 0 Å². The van der Waals surface area contributed by atoms with E-state index in [0.29, 0.717) is 5.39 Å². The van der Waals surface area contributed by atoms with E-state index in [4.69, 9.17) is 5.26 Å². The lowest BCUT2D eigenvalue weighted by Gasteiger charge is -2.12. The third-order valence-electron chi connectivity index (χ3n) is 5.01. The van der Waals surface area contributed by atoms with E-state index in [1.807, 2.05) is 24.3 Å². The molecule has 4 heteroatoms. The molecule has 4 rings (SSSR count). The van der Waals surface area contributed by atoms with E-state index in [9.17, 15) is 8.78 Å². The highest BCUT2D eigenvalue weighted by molar-refractivity contribution is 6.09. The third-order valence-corrected chi connectivity index (χ3v) is 5.01. The van der Waals surface area contributed by atoms with Gasteiger partial charge in [0, 0.05) is 5.39 Å². The molecule has 0 unspecified atom stereocenters. The number of rotatable bonds is 3. The van der Waals surface area contributed by atoms with Crippen LogP contribution in [0, 0.1) is 28.8 Å². The standard InChI is InChI=1S/C24H16F3N/c1-2-3-14-4-8-18-15(10-14)7-9-19-20(18)12-22(26)23(24(19)27)16-5-6-17(13-28)21(25)11-16/h4-12H,2-3H2,1H3. The lowest BCUT2D eigenvalue weighted by Crippen LogP contribution is -1.95. The number of nitrogens with zero attached hydrogens (tertiary/aromatic N) is 1. The number of hydrogen-bond acceptors (Lipinski definition) is 1. The van der Waals surface area contributed by atoms with Gasteiger partial charge < -0.3 is 0 Å². The van der Waals surface area contributed by atoms with Crippen molar-refractivity contribution in [1.29, 1.82) is 5.26 Å². The Kier molecular flexibility index (Phi) is 4.52. The van der Waals surface area contributed by atoms with Crippen LogP contribution >= 0.6 is 0 Å². The highest BCUT2D eigenvalue weighted by Gasteiger charge is 2.18. The minimum Gasteiger partial charge on any atom is -0.206 e. The van der Waals surface area contributed by atoms with E-state index < -0.39 is 17.5 Å². The van der Waals surface area contributed by atoms with Crippen LogP contribution in [0.5, 0.6) is 0 Å². The summed E-state index contributed by atoms with van der Waals surface area (Å²) in [5.74, 6) is -2.31. The molecule has 0 heterocycles. The molecule has 0 bridgehead atoms. The quantitative estimate of drug-likeness (QED) is 0.357. The molecular weight excluding hydrogens is 359 g/mol. The maximum atomic E-state index is 15.2. The summed E-state index contributed by atoms with van der Waals surface area (Å²) in [5.41, 5.74) is 0.781. The number of benzene rings is 4. The number of aryl methyl sites for hydroxylation is 1. The molecule has 4 aromatic carbocycles. The fourth-order valence-electron chi connectivity index (χ4n) is 3.66.